The minimum Gasteiger partial charge on any atom is -0.385 e. The number of aromatic nitrogens is 6. The maximum absolute atomic E-state index is 13.8. The average molecular weight is 541 g/mol. The lowest BCUT2D eigenvalue weighted by Gasteiger charge is -2.19. The molecule has 0 fully saturated rings. The molecule has 3 heterocycles. The van der Waals surface area contributed by atoms with Crippen LogP contribution in [0.25, 0.3) is 16.9 Å². The molecule has 0 spiro atoms. The van der Waals surface area contributed by atoms with E-state index in [1.807, 2.05) is 27.8 Å². The van der Waals surface area contributed by atoms with Crippen LogP contribution < -0.4 is 10.6 Å². The fourth-order valence-electron chi connectivity index (χ4n) is 4.10. The van der Waals surface area contributed by atoms with Crippen LogP contribution in [0, 0.1) is 26.7 Å². The number of anilines is 2. The van der Waals surface area contributed by atoms with Crippen LogP contribution in [-0.4, -0.2) is 42.2 Å². The molecule has 0 unspecified atom stereocenters. The van der Waals surface area contributed by atoms with Gasteiger partial charge in [0.05, 0.1) is 34.9 Å². The minimum atomic E-state index is -4.57. The number of nitrogens with one attached hydrogen (secondary N) is 2. The molecule has 3 aromatic heterocycles. The van der Waals surface area contributed by atoms with E-state index in [1.54, 1.807) is 30.1 Å². The van der Waals surface area contributed by atoms with E-state index in [-0.39, 0.29) is 16.8 Å². The van der Waals surface area contributed by atoms with Gasteiger partial charge < -0.3 is 10.6 Å². The third kappa shape index (κ3) is 6.10. The van der Waals surface area contributed by atoms with Crippen LogP contribution in [0.2, 0.25) is 0 Å². The Kier molecular flexibility index (Phi) is 7.75. The summed E-state index contributed by atoms with van der Waals surface area (Å²) in [5.74, 6) is -0.210. The lowest BCUT2D eigenvalue weighted by Crippen LogP contribution is -2.17. The molecule has 1 aromatic carbocycles. The van der Waals surface area contributed by atoms with Crippen molar-refractivity contribution in [1.29, 1.82) is 0 Å². The summed E-state index contributed by atoms with van der Waals surface area (Å²) in [5, 5.41) is 18.3. The molecule has 2 N–H and O–H groups in total. The number of rotatable bonds is 8. The highest BCUT2D eigenvalue weighted by Gasteiger charge is 2.34. The van der Waals surface area contributed by atoms with E-state index in [2.05, 4.69) is 31.0 Å². The number of hydrogen-bond acceptors (Lipinski definition) is 6. The molecule has 0 saturated heterocycles. The van der Waals surface area contributed by atoms with Gasteiger partial charge in [0.1, 0.15) is 5.69 Å². The number of aryl methyl sites for hydroxylation is 2. The fraction of sp³-hybridized carbons (Fsp3) is 0.370. The molecule has 9 nitrogen and oxygen atoms in total. The van der Waals surface area contributed by atoms with Gasteiger partial charge in [-0.1, -0.05) is 19.1 Å². The molecular formula is C27H31F3N8O. The van der Waals surface area contributed by atoms with E-state index < -0.39 is 17.6 Å². The summed E-state index contributed by atoms with van der Waals surface area (Å²) in [5.41, 5.74) is 3.23. The molecule has 0 radical (unpaired) electrons. The normalized spacial score (nSPS) is 11.7. The zero-order valence-electron chi connectivity index (χ0n) is 22.7. The van der Waals surface area contributed by atoms with Gasteiger partial charge in [0.2, 0.25) is 0 Å². The standard InChI is InChI=1S/C27H31F3N8O/c1-15(2)7-8-31-23-11-20(10-22(16(23)3)27(28,29)30)34-26(39)19-9-25(17(4)32-12-19)38-14-24(35-36-38)21-13-33-37(6)18(21)5/h9-15,31H,7-8H2,1-6H3,(H,34,39). The van der Waals surface area contributed by atoms with Crippen molar-refractivity contribution in [1.82, 2.24) is 29.8 Å². The summed E-state index contributed by atoms with van der Waals surface area (Å²) in [4.78, 5) is 17.4. The van der Waals surface area contributed by atoms with Crippen molar-refractivity contribution in [3.63, 3.8) is 0 Å². The summed E-state index contributed by atoms with van der Waals surface area (Å²) in [6.45, 7) is 9.68. The molecule has 0 aliphatic rings. The van der Waals surface area contributed by atoms with Crippen molar-refractivity contribution >= 4 is 17.3 Å². The molecule has 0 aliphatic carbocycles. The number of pyridine rings is 1. The molecule has 1 amide bonds. The Morgan fingerprint density at radius 3 is 2.49 bits per heavy atom. The molecule has 4 aromatic rings. The summed E-state index contributed by atoms with van der Waals surface area (Å²) >= 11 is 0. The molecule has 0 atom stereocenters. The van der Waals surface area contributed by atoms with E-state index in [1.165, 1.54) is 23.9 Å². The third-order valence-corrected chi connectivity index (χ3v) is 6.58. The van der Waals surface area contributed by atoms with Gasteiger partial charge in [0.15, 0.2) is 0 Å². The number of nitrogens with zero attached hydrogens (tertiary/aromatic N) is 6. The minimum absolute atomic E-state index is 0.0298. The molecule has 4 rings (SSSR count). The zero-order valence-corrected chi connectivity index (χ0v) is 22.7. The lowest BCUT2D eigenvalue weighted by molar-refractivity contribution is -0.138. The number of carbonyl (C=O) groups excluding carboxylic acids is 1. The molecule has 0 aliphatic heterocycles. The Hall–Kier alpha value is -4.22. The molecule has 0 saturated carbocycles. The van der Waals surface area contributed by atoms with E-state index in [0.717, 1.165) is 23.7 Å². The first-order valence-corrected chi connectivity index (χ1v) is 12.5. The van der Waals surface area contributed by atoms with Crippen molar-refractivity contribution in [2.45, 2.75) is 47.2 Å². The second-order valence-corrected chi connectivity index (χ2v) is 9.90. The van der Waals surface area contributed by atoms with Crippen LogP contribution in [0.5, 0.6) is 0 Å². The molecule has 206 valence electrons. The van der Waals surface area contributed by atoms with Crippen LogP contribution in [0.1, 0.15) is 53.1 Å². The number of carbonyl (C=O) groups is 1. The Morgan fingerprint density at radius 1 is 1.10 bits per heavy atom. The van der Waals surface area contributed by atoms with Gasteiger partial charge in [-0.3, -0.25) is 14.5 Å². The number of benzene rings is 1. The van der Waals surface area contributed by atoms with Crippen molar-refractivity contribution < 1.29 is 18.0 Å². The fourth-order valence-corrected chi connectivity index (χ4v) is 4.10. The number of alkyl halides is 3. The van der Waals surface area contributed by atoms with Crippen molar-refractivity contribution in [2.24, 2.45) is 13.0 Å². The Balaban J connectivity index is 1.62. The second-order valence-electron chi connectivity index (χ2n) is 9.90. The van der Waals surface area contributed by atoms with Gasteiger partial charge >= 0.3 is 6.18 Å². The van der Waals surface area contributed by atoms with Gasteiger partial charge in [-0.2, -0.15) is 18.3 Å². The first-order chi connectivity index (χ1) is 18.3. The lowest BCUT2D eigenvalue weighted by atomic mass is 10.0. The monoisotopic (exact) mass is 540 g/mol. The highest BCUT2D eigenvalue weighted by atomic mass is 19.4. The third-order valence-electron chi connectivity index (χ3n) is 6.58. The molecule has 12 heteroatoms. The number of hydrogen-bond donors (Lipinski definition) is 2. The van der Waals surface area contributed by atoms with E-state index in [4.69, 9.17) is 0 Å². The van der Waals surface area contributed by atoms with E-state index in [9.17, 15) is 18.0 Å². The van der Waals surface area contributed by atoms with Crippen molar-refractivity contribution in [3.05, 3.63) is 64.9 Å². The van der Waals surface area contributed by atoms with Crippen LogP contribution in [0.3, 0.4) is 0 Å². The maximum Gasteiger partial charge on any atom is 0.416 e. The van der Waals surface area contributed by atoms with E-state index >= 15 is 0 Å². The Bertz CT molecular complexity index is 1500. The van der Waals surface area contributed by atoms with E-state index in [0.29, 0.717) is 35.2 Å². The summed E-state index contributed by atoms with van der Waals surface area (Å²) in [6.07, 6.45) is 0.995. The zero-order chi connectivity index (χ0) is 28.5. The predicted molar refractivity (Wildman–Crippen MR) is 143 cm³/mol. The Morgan fingerprint density at radius 2 is 1.85 bits per heavy atom. The van der Waals surface area contributed by atoms with Crippen molar-refractivity contribution in [3.8, 4) is 16.9 Å². The highest BCUT2D eigenvalue weighted by Crippen LogP contribution is 2.37. The number of halogens is 3. The van der Waals surface area contributed by atoms with Crippen LogP contribution in [0.4, 0.5) is 24.5 Å². The van der Waals surface area contributed by atoms with Crippen LogP contribution >= 0.6 is 0 Å². The SMILES string of the molecule is Cc1ncc(C(=O)Nc2cc(NCCC(C)C)c(C)c(C(F)(F)F)c2)cc1-n1cc(-c2cnn(C)c2C)nn1. The van der Waals surface area contributed by atoms with Gasteiger partial charge in [-0.25, -0.2) is 4.68 Å². The number of amides is 1. The highest BCUT2D eigenvalue weighted by molar-refractivity contribution is 6.04. The molecule has 39 heavy (non-hydrogen) atoms. The van der Waals surface area contributed by atoms with Crippen LogP contribution in [-0.2, 0) is 13.2 Å². The quantitative estimate of drug-likeness (QED) is 0.297. The first-order valence-electron chi connectivity index (χ1n) is 12.5. The largest absolute Gasteiger partial charge is 0.416 e. The predicted octanol–water partition coefficient (Wildman–Crippen LogP) is 5.72. The van der Waals surface area contributed by atoms with Gasteiger partial charge in [-0.15, -0.1) is 5.10 Å². The maximum atomic E-state index is 13.8. The summed E-state index contributed by atoms with van der Waals surface area (Å²) in [7, 11) is 1.83. The second kappa shape index (κ2) is 10.9. The Labute approximate surface area is 224 Å². The smallest absolute Gasteiger partial charge is 0.385 e. The van der Waals surface area contributed by atoms with Crippen LogP contribution in [0.15, 0.2) is 36.8 Å². The topological polar surface area (TPSA) is 103 Å². The molecular weight excluding hydrogens is 509 g/mol. The molecule has 0 bridgehead atoms. The summed E-state index contributed by atoms with van der Waals surface area (Å²) in [6, 6.07) is 4.04. The summed E-state index contributed by atoms with van der Waals surface area (Å²) < 4.78 is 44.6. The average Bonchev–Trinajstić information content (AvgIpc) is 3.47. The van der Waals surface area contributed by atoms with Gasteiger partial charge in [-0.05, 0) is 56.9 Å². The van der Waals surface area contributed by atoms with Crippen molar-refractivity contribution in [2.75, 3.05) is 17.2 Å². The first kappa shape index (κ1) is 27.8. The van der Waals surface area contributed by atoms with Gasteiger partial charge in [0.25, 0.3) is 5.91 Å². The van der Waals surface area contributed by atoms with Gasteiger partial charge in [0, 0.05) is 42.4 Å².